The summed E-state index contributed by atoms with van der Waals surface area (Å²) in [5.41, 5.74) is 1.33. The highest BCUT2D eigenvalue weighted by atomic mass is 79.9. The molecule has 1 aromatic rings. The van der Waals surface area contributed by atoms with Gasteiger partial charge in [-0.1, -0.05) is 0 Å². The van der Waals surface area contributed by atoms with E-state index in [-0.39, 0.29) is 18.2 Å². The number of nitrogens with zero attached hydrogens (tertiary/aromatic N) is 1. The van der Waals surface area contributed by atoms with Gasteiger partial charge >= 0.3 is 5.97 Å². The molecule has 0 bridgehead atoms. The van der Waals surface area contributed by atoms with Crippen molar-refractivity contribution in [3.05, 3.63) is 32.3 Å². The summed E-state index contributed by atoms with van der Waals surface area (Å²) in [6.45, 7) is 3.53. The molecule has 1 atom stereocenters. The van der Waals surface area contributed by atoms with Gasteiger partial charge in [-0.05, 0) is 42.3 Å². The Bertz CT molecular complexity index is 505. The molecule has 0 aromatic heterocycles. The largest absolute Gasteiger partial charge is 0.481 e. The lowest BCUT2D eigenvalue weighted by Gasteiger charge is -2.16. The molecule has 0 saturated carbocycles. The molecule has 0 radical (unpaired) electrons. The minimum Gasteiger partial charge on any atom is -0.481 e. The van der Waals surface area contributed by atoms with Gasteiger partial charge in [0.05, 0.1) is 4.92 Å². The number of carbonyl (C=O) groups is 1. The molecule has 104 valence electrons. The van der Waals surface area contributed by atoms with Crippen LogP contribution in [0.4, 0.5) is 11.4 Å². The summed E-state index contributed by atoms with van der Waals surface area (Å²) in [4.78, 5) is 20.8. The van der Waals surface area contributed by atoms with Gasteiger partial charge in [-0.2, -0.15) is 0 Å². The molecule has 1 rings (SSSR count). The molecule has 0 spiro atoms. The maximum atomic E-state index is 10.8. The maximum absolute atomic E-state index is 10.8. The van der Waals surface area contributed by atoms with Crippen LogP contribution in [-0.2, 0) is 4.79 Å². The Morgan fingerprint density at radius 1 is 1.58 bits per heavy atom. The van der Waals surface area contributed by atoms with Crippen molar-refractivity contribution < 1.29 is 14.8 Å². The maximum Gasteiger partial charge on any atom is 0.303 e. The average Bonchev–Trinajstić information content (AvgIpc) is 2.30. The van der Waals surface area contributed by atoms with Crippen molar-refractivity contribution >= 4 is 33.3 Å². The minimum absolute atomic E-state index is 0.0340. The molecular weight excluding hydrogens is 316 g/mol. The molecule has 6 nitrogen and oxygen atoms in total. The standard InChI is InChI=1S/C12H15BrN2O4/c1-7-5-10(9(13)6-11(7)15(18)19)14-8(2)3-4-12(16)17/h5-6,8,14H,3-4H2,1-2H3,(H,16,17). The van der Waals surface area contributed by atoms with E-state index in [1.807, 2.05) is 6.92 Å². The highest BCUT2D eigenvalue weighted by molar-refractivity contribution is 9.10. The van der Waals surface area contributed by atoms with E-state index in [9.17, 15) is 14.9 Å². The molecule has 0 saturated heterocycles. The van der Waals surface area contributed by atoms with E-state index in [2.05, 4.69) is 21.2 Å². The number of hydrogen-bond acceptors (Lipinski definition) is 4. The van der Waals surface area contributed by atoms with Gasteiger partial charge in [0.1, 0.15) is 0 Å². The number of nitrogens with one attached hydrogen (secondary N) is 1. The lowest BCUT2D eigenvalue weighted by atomic mass is 10.1. The topological polar surface area (TPSA) is 92.5 Å². The van der Waals surface area contributed by atoms with Crippen molar-refractivity contribution in [3.63, 3.8) is 0 Å². The van der Waals surface area contributed by atoms with E-state index in [1.54, 1.807) is 13.0 Å². The van der Waals surface area contributed by atoms with Gasteiger partial charge < -0.3 is 10.4 Å². The molecule has 0 fully saturated rings. The number of rotatable bonds is 6. The zero-order valence-electron chi connectivity index (χ0n) is 10.6. The zero-order chi connectivity index (χ0) is 14.6. The molecule has 7 heteroatoms. The number of carboxylic acids is 1. The van der Waals surface area contributed by atoms with E-state index >= 15 is 0 Å². The quantitative estimate of drug-likeness (QED) is 0.616. The fourth-order valence-corrected chi connectivity index (χ4v) is 2.10. The van der Waals surface area contributed by atoms with Crippen molar-refractivity contribution in [3.8, 4) is 0 Å². The lowest BCUT2D eigenvalue weighted by Crippen LogP contribution is -2.17. The third-order valence-corrected chi connectivity index (χ3v) is 3.33. The smallest absolute Gasteiger partial charge is 0.303 e. The highest BCUT2D eigenvalue weighted by Gasteiger charge is 2.15. The van der Waals surface area contributed by atoms with Crippen LogP contribution in [0.25, 0.3) is 0 Å². The summed E-state index contributed by atoms with van der Waals surface area (Å²) in [6.07, 6.45) is 0.565. The van der Waals surface area contributed by atoms with Crippen LogP contribution in [-0.4, -0.2) is 22.0 Å². The summed E-state index contributed by atoms with van der Waals surface area (Å²) >= 11 is 3.27. The Labute approximate surface area is 119 Å². The van der Waals surface area contributed by atoms with Crippen LogP contribution in [0.5, 0.6) is 0 Å². The zero-order valence-corrected chi connectivity index (χ0v) is 12.2. The first kappa shape index (κ1) is 15.4. The molecular formula is C12H15BrN2O4. The SMILES string of the molecule is Cc1cc(NC(C)CCC(=O)O)c(Br)cc1[N+](=O)[O-]. The molecule has 0 heterocycles. The first-order valence-electron chi connectivity index (χ1n) is 5.74. The molecule has 0 aliphatic heterocycles. The van der Waals surface area contributed by atoms with Crippen LogP contribution < -0.4 is 5.32 Å². The van der Waals surface area contributed by atoms with Gasteiger partial charge in [-0.25, -0.2) is 0 Å². The van der Waals surface area contributed by atoms with Gasteiger partial charge in [0.2, 0.25) is 0 Å². The molecule has 0 amide bonds. The third kappa shape index (κ3) is 4.51. The first-order chi connectivity index (χ1) is 8.81. The van der Waals surface area contributed by atoms with Crippen LogP contribution in [0.1, 0.15) is 25.3 Å². The second-order valence-corrected chi connectivity index (χ2v) is 5.21. The van der Waals surface area contributed by atoms with Gasteiger partial charge in [-0.15, -0.1) is 0 Å². The number of nitro groups is 1. The Hall–Kier alpha value is -1.63. The second kappa shape index (κ2) is 6.51. The molecule has 1 aromatic carbocycles. The third-order valence-electron chi connectivity index (χ3n) is 2.68. The van der Waals surface area contributed by atoms with Gasteiger partial charge in [0, 0.05) is 34.3 Å². The van der Waals surface area contributed by atoms with E-state index in [4.69, 9.17) is 5.11 Å². The van der Waals surface area contributed by atoms with Crippen molar-refractivity contribution in [1.29, 1.82) is 0 Å². The Morgan fingerprint density at radius 3 is 2.74 bits per heavy atom. The number of aliphatic carboxylic acids is 1. The number of benzene rings is 1. The monoisotopic (exact) mass is 330 g/mol. The van der Waals surface area contributed by atoms with E-state index < -0.39 is 10.9 Å². The molecule has 0 aliphatic carbocycles. The predicted molar refractivity (Wildman–Crippen MR) is 75.5 cm³/mol. The van der Waals surface area contributed by atoms with Gasteiger partial charge in [-0.3, -0.25) is 14.9 Å². The summed E-state index contributed by atoms with van der Waals surface area (Å²) in [6, 6.07) is 3.09. The molecule has 0 aliphatic rings. The normalized spacial score (nSPS) is 11.9. The predicted octanol–water partition coefficient (Wildman–Crippen LogP) is 3.33. The van der Waals surface area contributed by atoms with Crippen LogP contribution >= 0.6 is 15.9 Å². The number of carboxylic acid groups (broad SMARTS) is 1. The first-order valence-corrected chi connectivity index (χ1v) is 6.53. The van der Waals surface area contributed by atoms with Crippen LogP contribution in [0, 0.1) is 17.0 Å². The Kier molecular flexibility index (Phi) is 5.29. The van der Waals surface area contributed by atoms with E-state index in [1.165, 1.54) is 6.07 Å². The summed E-state index contributed by atoms with van der Waals surface area (Å²) in [7, 11) is 0. The van der Waals surface area contributed by atoms with E-state index in [0.717, 1.165) is 5.69 Å². The van der Waals surface area contributed by atoms with Crippen LogP contribution in [0.15, 0.2) is 16.6 Å². The second-order valence-electron chi connectivity index (χ2n) is 4.35. The molecule has 19 heavy (non-hydrogen) atoms. The Balaban J connectivity index is 2.82. The fraction of sp³-hybridized carbons (Fsp3) is 0.417. The average molecular weight is 331 g/mol. The number of nitro benzene ring substituents is 1. The number of anilines is 1. The van der Waals surface area contributed by atoms with Crippen LogP contribution in [0.2, 0.25) is 0 Å². The number of halogens is 1. The summed E-state index contributed by atoms with van der Waals surface area (Å²) in [5.74, 6) is -0.840. The van der Waals surface area contributed by atoms with Crippen molar-refractivity contribution in [2.75, 3.05) is 5.32 Å². The van der Waals surface area contributed by atoms with E-state index in [0.29, 0.717) is 16.5 Å². The fourth-order valence-electron chi connectivity index (χ4n) is 1.66. The number of aryl methyl sites for hydroxylation is 1. The van der Waals surface area contributed by atoms with Gasteiger partial charge in [0.25, 0.3) is 5.69 Å². The number of hydrogen-bond donors (Lipinski definition) is 2. The molecule has 1 unspecified atom stereocenters. The highest BCUT2D eigenvalue weighted by Crippen LogP contribution is 2.31. The minimum atomic E-state index is -0.840. The van der Waals surface area contributed by atoms with Crippen molar-refractivity contribution in [1.82, 2.24) is 0 Å². The van der Waals surface area contributed by atoms with Crippen molar-refractivity contribution in [2.45, 2.75) is 32.7 Å². The summed E-state index contributed by atoms with van der Waals surface area (Å²) < 4.78 is 0.590. The van der Waals surface area contributed by atoms with Gasteiger partial charge in [0.15, 0.2) is 0 Å². The lowest BCUT2D eigenvalue weighted by molar-refractivity contribution is -0.385. The van der Waals surface area contributed by atoms with Crippen molar-refractivity contribution in [2.24, 2.45) is 0 Å². The Morgan fingerprint density at radius 2 is 2.21 bits per heavy atom. The summed E-state index contributed by atoms with van der Waals surface area (Å²) in [5, 5.41) is 22.5. The molecule has 2 N–H and O–H groups in total. The van der Waals surface area contributed by atoms with Crippen LogP contribution in [0.3, 0.4) is 0 Å².